The van der Waals surface area contributed by atoms with Crippen LogP contribution in [0.5, 0.6) is 0 Å². The molecule has 0 unspecified atom stereocenters. The third kappa shape index (κ3) is 3.95. The molecule has 0 radical (unpaired) electrons. The zero-order chi connectivity index (χ0) is 9.45. The number of rotatable bonds is 7. The van der Waals surface area contributed by atoms with E-state index in [-0.39, 0.29) is 0 Å². The summed E-state index contributed by atoms with van der Waals surface area (Å²) in [4.78, 5) is 0. The molecule has 0 aliphatic carbocycles. The minimum absolute atomic E-state index is 1.02. The monoisotopic (exact) mass is 234 g/mol. The molecule has 0 bridgehead atoms. The molecular weight excluding hydrogens is 209 g/mol. The molecule has 0 aromatic heterocycles. The fraction of sp³-hybridized carbons (Fsp3) is 1.00. The second kappa shape index (κ2) is 6.96. The van der Waals surface area contributed by atoms with Crippen molar-refractivity contribution in [1.82, 2.24) is 0 Å². The fourth-order valence-corrected chi connectivity index (χ4v) is 7.13. The van der Waals surface area contributed by atoms with Gasteiger partial charge in [-0.05, 0) is 0 Å². The van der Waals surface area contributed by atoms with E-state index in [0.717, 1.165) is 6.61 Å². The molecule has 0 aromatic rings. The Morgan fingerprint density at radius 3 is 1.75 bits per heavy atom. The van der Waals surface area contributed by atoms with E-state index in [9.17, 15) is 0 Å². The first-order chi connectivity index (χ1) is 5.74. The predicted molar refractivity (Wildman–Crippen MR) is 58.1 cm³/mol. The molecule has 1 nitrogen and oxygen atoms in total. The molecule has 0 aromatic carbocycles. The molecule has 0 heterocycles. The second-order valence-corrected chi connectivity index (χ2v) is 13.5. The first-order valence-electron chi connectivity index (χ1n) is 5.38. The summed E-state index contributed by atoms with van der Waals surface area (Å²) in [5.74, 6) is 0. The summed E-state index contributed by atoms with van der Waals surface area (Å²) in [6, 6.07) is 0. The molecule has 0 spiro atoms. The Hall–Kier alpha value is 0.503. The summed E-state index contributed by atoms with van der Waals surface area (Å²) in [6.07, 6.45) is 2.50. The van der Waals surface area contributed by atoms with Gasteiger partial charge in [0.05, 0.1) is 0 Å². The van der Waals surface area contributed by atoms with Gasteiger partial charge >= 0.3 is 80.3 Å². The molecule has 0 aliphatic rings. The quantitative estimate of drug-likeness (QED) is 0.479. The van der Waals surface area contributed by atoms with Crippen molar-refractivity contribution in [3.05, 3.63) is 0 Å². The summed E-state index contributed by atoms with van der Waals surface area (Å²) >= 11 is -1.76. The maximum absolute atomic E-state index is 6.11. The summed E-state index contributed by atoms with van der Waals surface area (Å²) < 4.78 is 6.11. The molecule has 0 rings (SSSR count). The van der Waals surface area contributed by atoms with E-state index < -0.39 is 13.6 Å². The summed E-state index contributed by atoms with van der Waals surface area (Å²) in [5, 5.41) is 3.99. The van der Waals surface area contributed by atoms with Crippen molar-refractivity contribution in [2.45, 2.75) is 56.3 Å². The average molecular weight is 233 g/mol. The van der Waals surface area contributed by atoms with Crippen molar-refractivity contribution in [3.8, 4) is 0 Å². The fourth-order valence-electron chi connectivity index (χ4n) is 1.49. The Morgan fingerprint density at radius 2 is 1.42 bits per heavy atom. The Balaban J connectivity index is 3.76. The van der Waals surface area contributed by atoms with Crippen LogP contribution in [0.4, 0.5) is 0 Å². The Bertz CT molecular complexity index is 91.7. The third-order valence-electron chi connectivity index (χ3n) is 2.84. The van der Waals surface area contributed by atoms with Crippen LogP contribution in [0.15, 0.2) is 0 Å². The van der Waals surface area contributed by atoms with Gasteiger partial charge in [0.15, 0.2) is 0 Å². The Labute approximate surface area is 80.6 Å². The summed E-state index contributed by atoms with van der Waals surface area (Å²) in [5.41, 5.74) is 0. The molecule has 0 fully saturated rings. The molecule has 0 saturated heterocycles. The van der Waals surface area contributed by atoms with Gasteiger partial charge in [0.25, 0.3) is 0 Å². The molecule has 12 heavy (non-hydrogen) atoms. The van der Waals surface area contributed by atoms with E-state index in [0.29, 0.717) is 0 Å². The van der Waals surface area contributed by atoms with Gasteiger partial charge in [-0.15, -0.1) is 0 Å². The minimum atomic E-state index is -1.76. The molecule has 2 heteroatoms. The molecule has 0 atom stereocenters. The van der Waals surface area contributed by atoms with Crippen LogP contribution in [-0.2, 0) is 3.76 Å². The molecule has 0 aliphatic heterocycles. The van der Waals surface area contributed by atoms with Crippen LogP contribution < -0.4 is 0 Å². The van der Waals surface area contributed by atoms with Crippen LogP contribution in [0.25, 0.3) is 0 Å². The standard InChI is InChI=1S/C10H24GeO/c1-5-9-10-12-11(6-2,7-3)8-4/h5-10H2,1-4H3. The SMILES string of the molecule is CCCC[O][Ge]([CH2]C)([CH2]C)[CH2]C. The van der Waals surface area contributed by atoms with Crippen LogP contribution in [0.3, 0.4) is 0 Å². The van der Waals surface area contributed by atoms with Gasteiger partial charge in [-0.1, -0.05) is 0 Å². The van der Waals surface area contributed by atoms with Gasteiger partial charge in [-0.25, -0.2) is 0 Å². The first kappa shape index (κ1) is 12.5. The normalized spacial score (nSPS) is 12.0. The molecule has 0 saturated carbocycles. The van der Waals surface area contributed by atoms with Crippen molar-refractivity contribution in [3.63, 3.8) is 0 Å². The molecule has 0 amide bonds. The van der Waals surface area contributed by atoms with Crippen LogP contribution >= 0.6 is 0 Å². The first-order valence-corrected chi connectivity index (χ1v) is 10.7. The van der Waals surface area contributed by atoms with Crippen molar-refractivity contribution in [2.24, 2.45) is 0 Å². The van der Waals surface area contributed by atoms with Crippen molar-refractivity contribution in [2.75, 3.05) is 6.61 Å². The van der Waals surface area contributed by atoms with Gasteiger partial charge in [-0.3, -0.25) is 0 Å². The van der Waals surface area contributed by atoms with Crippen LogP contribution in [-0.4, -0.2) is 20.2 Å². The van der Waals surface area contributed by atoms with E-state index in [1.165, 1.54) is 28.6 Å². The second-order valence-electron chi connectivity index (χ2n) is 3.45. The van der Waals surface area contributed by atoms with Crippen molar-refractivity contribution >= 4 is 13.6 Å². The zero-order valence-electron chi connectivity index (χ0n) is 9.15. The van der Waals surface area contributed by atoms with Gasteiger partial charge in [0.2, 0.25) is 0 Å². The van der Waals surface area contributed by atoms with E-state index in [4.69, 9.17) is 3.76 Å². The van der Waals surface area contributed by atoms with Gasteiger partial charge in [0, 0.05) is 0 Å². The molecule has 0 N–H and O–H groups in total. The third-order valence-corrected chi connectivity index (χ3v) is 12.7. The predicted octanol–water partition coefficient (Wildman–Crippen LogP) is 3.81. The summed E-state index contributed by atoms with van der Waals surface area (Å²) in [7, 11) is 0. The molecule has 74 valence electrons. The van der Waals surface area contributed by atoms with Crippen LogP contribution in [0.2, 0.25) is 15.8 Å². The topological polar surface area (TPSA) is 9.23 Å². The average Bonchev–Trinajstić information content (AvgIpc) is 2.14. The van der Waals surface area contributed by atoms with Crippen LogP contribution in [0, 0.1) is 0 Å². The van der Waals surface area contributed by atoms with Gasteiger partial charge in [0.1, 0.15) is 0 Å². The Morgan fingerprint density at radius 1 is 0.917 bits per heavy atom. The van der Waals surface area contributed by atoms with E-state index in [2.05, 4.69) is 27.7 Å². The zero-order valence-corrected chi connectivity index (χ0v) is 11.2. The van der Waals surface area contributed by atoms with Gasteiger partial charge < -0.3 is 0 Å². The van der Waals surface area contributed by atoms with Crippen LogP contribution in [0.1, 0.15) is 40.5 Å². The van der Waals surface area contributed by atoms with E-state index >= 15 is 0 Å². The summed E-state index contributed by atoms with van der Waals surface area (Å²) in [6.45, 7) is 10.2. The van der Waals surface area contributed by atoms with Crippen molar-refractivity contribution < 1.29 is 3.76 Å². The number of hydrogen-bond donors (Lipinski definition) is 0. The van der Waals surface area contributed by atoms with E-state index in [1.54, 1.807) is 0 Å². The maximum atomic E-state index is 6.11. The number of hydrogen-bond acceptors (Lipinski definition) is 1. The number of unbranched alkanes of at least 4 members (excludes halogenated alkanes) is 1. The Kier molecular flexibility index (Phi) is 7.25. The van der Waals surface area contributed by atoms with Crippen molar-refractivity contribution in [1.29, 1.82) is 0 Å². The van der Waals surface area contributed by atoms with Gasteiger partial charge in [-0.2, -0.15) is 0 Å². The van der Waals surface area contributed by atoms with E-state index in [1.807, 2.05) is 0 Å². The molecular formula is C10H24GeO.